The summed E-state index contributed by atoms with van der Waals surface area (Å²) in [5.41, 5.74) is 1.22. The Morgan fingerprint density at radius 2 is 1.87 bits per heavy atom. The lowest BCUT2D eigenvalue weighted by molar-refractivity contribution is -0.176. The van der Waals surface area contributed by atoms with Crippen LogP contribution in [0.15, 0.2) is 35.3 Å². The van der Waals surface area contributed by atoms with Gasteiger partial charge in [0.25, 0.3) is 0 Å². The predicted octanol–water partition coefficient (Wildman–Crippen LogP) is 3.26. The van der Waals surface area contributed by atoms with Gasteiger partial charge in [-0.3, -0.25) is 4.99 Å². The van der Waals surface area contributed by atoms with Crippen LogP contribution in [0.2, 0.25) is 0 Å². The highest BCUT2D eigenvalue weighted by Crippen LogP contribution is 2.51. The maximum atomic E-state index is 5.77. The van der Waals surface area contributed by atoms with E-state index in [9.17, 15) is 0 Å². The van der Waals surface area contributed by atoms with Crippen molar-refractivity contribution in [3.8, 4) is 0 Å². The Morgan fingerprint density at radius 3 is 2.43 bits per heavy atom. The molecule has 168 valence electrons. The van der Waals surface area contributed by atoms with Crippen LogP contribution in [-0.4, -0.2) is 57.1 Å². The lowest BCUT2D eigenvalue weighted by atomic mass is 9.56. The van der Waals surface area contributed by atoms with Crippen LogP contribution in [0.3, 0.4) is 0 Å². The summed E-state index contributed by atoms with van der Waals surface area (Å²) in [6.45, 7) is 11.3. The first kappa shape index (κ1) is 23.0. The van der Waals surface area contributed by atoms with Crippen LogP contribution in [0, 0.1) is 5.41 Å². The molecule has 0 bridgehead atoms. The van der Waals surface area contributed by atoms with Crippen molar-refractivity contribution in [1.82, 2.24) is 16.0 Å². The van der Waals surface area contributed by atoms with E-state index in [4.69, 9.17) is 9.47 Å². The SMILES string of the molecule is CN=C(NCC1(NC(C)c2ccccc2)CCOCC1)NC1CC(C)(OC)C1(C)C. The Labute approximate surface area is 182 Å². The van der Waals surface area contributed by atoms with Crippen LogP contribution in [0.1, 0.15) is 58.6 Å². The molecule has 3 N–H and O–H groups in total. The van der Waals surface area contributed by atoms with E-state index in [1.165, 1.54) is 5.56 Å². The summed E-state index contributed by atoms with van der Waals surface area (Å²) in [5.74, 6) is 0.853. The maximum Gasteiger partial charge on any atom is 0.191 e. The summed E-state index contributed by atoms with van der Waals surface area (Å²) in [6, 6.07) is 11.2. The summed E-state index contributed by atoms with van der Waals surface area (Å²) >= 11 is 0. The van der Waals surface area contributed by atoms with E-state index in [1.54, 1.807) is 7.11 Å². The van der Waals surface area contributed by atoms with Gasteiger partial charge in [-0.2, -0.15) is 0 Å². The van der Waals surface area contributed by atoms with Gasteiger partial charge in [-0.1, -0.05) is 44.2 Å². The number of guanidine groups is 1. The Kier molecular flexibility index (Phi) is 7.10. The quantitative estimate of drug-likeness (QED) is 0.470. The fourth-order valence-corrected chi connectivity index (χ4v) is 4.75. The third-order valence-electron chi connectivity index (χ3n) is 7.68. The zero-order valence-corrected chi connectivity index (χ0v) is 19.5. The Bertz CT molecular complexity index is 715. The average molecular weight is 417 g/mol. The molecular formula is C24H40N4O2. The number of nitrogens with zero attached hydrogens (tertiary/aromatic N) is 1. The fraction of sp³-hybridized carbons (Fsp3) is 0.708. The fourth-order valence-electron chi connectivity index (χ4n) is 4.75. The van der Waals surface area contributed by atoms with Crippen molar-refractivity contribution in [2.45, 2.75) is 70.2 Å². The van der Waals surface area contributed by atoms with Crippen molar-refractivity contribution in [3.63, 3.8) is 0 Å². The Hall–Kier alpha value is -1.63. The number of hydrogen-bond acceptors (Lipinski definition) is 4. The summed E-state index contributed by atoms with van der Waals surface area (Å²) in [4.78, 5) is 4.50. The van der Waals surface area contributed by atoms with Crippen LogP contribution >= 0.6 is 0 Å². The second-order valence-electron chi connectivity index (χ2n) is 9.65. The molecule has 30 heavy (non-hydrogen) atoms. The highest BCUT2D eigenvalue weighted by atomic mass is 16.5. The summed E-state index contributed by atoms with van der Waals surface area (Å²) < 4.78 is 11.4. The molecule has 6 heteroatoms. The van der Waals surface area contributed by atoms with Crippen LogP contribution in [-0.2, 0) is 9.47 Å². The van der Waals surface area contributed by atoms with Crippen molar-refractivity contribution < 1.29 is 9.47 Å². The zero-order chi connectivity index (χ0) is 21.8. The lowest BCUT2D eigenvalue weighted by Gasteiger charge is -2.59. The van der Waals surface area contributed by atoms with Gasteiger partial charge in [-0.05, 0) is 38.7 Å². The third-order valence-corrected chi connectivity index (χ3v) is 7.68. The van der Waals surface area contributed by atoms with Crippen LogP contribution < -0.4 is 16.0 Å². The molecule has 1 aromatic rings. The van der Waals surface area contributed by atoms with Crippen molar-refractivity contribution >= 4 is 5.96 Å². The van der Waals surface area contributed by atoms with Gasteiger partial charge >= 0.3 is 0 Å². The normalized spacial score (nSPS) is 29.0. The second kappa shape index (κ2) is 9.25. The minimum Gasteiger partial charge on any atom is -0.381 e. The van der Waals surface area contributed by atoms with Gasteiger partial charge in [0.1, 0.15) is 0 Å². The molecule has 6 nitrogen and oxygen atoms in total. The molecule has 2 aliphatic rings. The molecule has 0 spiro atoms. The van der Waals surface area contributed by atoms with Crippen LogP contribution in [0.25, 0.3) is 0 Å². The summed E-state index contributed by atoms with van der Waals surface area (Å²) in [7, 11) is 3.65. The molecule has 3 unspecified atom stereocenters. The van der Waals surface area contributed by atoms with E-state index in [0.29, 0.717) is 6.04 Å². The summed E-state index contributed by atoms with van der Waals surface area (Å²) in [6.07, 6.45) is 2.93. The second-order valence-corrected chi connectivity index (χ2v) is 9.65. The van der Waals surface area contributed by atoms with E-state index in [0.717, 1.165) is 45.0 Å². The highest BCUT2D eigenvalue weighted by molar-refractivity contribution is 5.80. The highest BCUT2D eigenvalue weighted by Gasteiger charge is 2.58. The first-order valence-corrected chi connectivity index (χ1v) is 11.2. The van der Waals surface area contributed by atoms with Gasteiger partial charge in [-0.25, -0.2) is 0 Å². The molecule has 1 heterocycles. The van der Waals surface area contributed by atoms with Gasteiger partial charge < -0.3 is 25.4 Å². The smallest absolute Gasteiger partial charge is 0.191 e. The lowest BCUT2D eigenvalue weighted by Crippen LogP contribution is -2.70. The Balaban J connectivity index is 1.62. The van der Waals surface area contributed by atoms with Gasteiger partial charge in [0.05, 0.1) is 5.60 Å². The molecule has 2 fully saturated rings. The molecule has 0 amide bonds. The number of hydrogen-bond donors (Lipinski definition) is 3. The molecule has 1 aliphatic heterocycles. The largest absolute Gasteiger partial charge is 0.381 e. The van der Waals surface area contributed by atoms with Crippen molar-refractivity contribution in [3.05, 3.63) is 35.9 Å². The summed E-state index contributed by atoms with van der Waals surface area (Å²) in [5, 5.41) is 11.1. The number of nitrogens with one attached hydrogen (secondary N) is 3. The number of methoxy groups -OCH3 is 1. The number of ether oxygens (including phenoxy) is 2. The topological polar surface area (TPSA) is 66.9 Å². The van der Waals surface area contributed by atoms with Crippen molar-refractivity contribution in [2.24, 2.45) is 10.4 Å². The molecule has 1 saturated heterocycles. The van der Waals surface area contributed by atoms with Crippen molar-refractivity contribution in [2.75, 3.05) is 33.9 Å². The molecule has 1 aromatic carbocycles. The molecule has 0 radical (unpaired) electrons. The molecule has 0 aromatic heterocycles. The molecule has 1 aliphatic carbocycles. The van der Waals surface area contributed by atoms with E-state index in [2.05, 4.69) is 79.0 Å². The number of rotatable bonds is 7. The monoisotopic (exact) mass is 416 g/mol. The molecular weight excluding hydrogens is 376 g/mol. The third kappa shape index (κ3) is 4.66. The van der Waals surface area contributed by atoms with Gasteiger partial charge in [0, 0.05) is 57.0 Å². The number of benzene rings is 1. The van der Waals surface area contributed by atoms with Gasteiger partial charge in [0.2, 0.25) is 0 Å². The Morgan fingerprint density at radius 1 is 1.20 bits per heavy atom. The van der Waals surface area contributed by atoms with E-state index in [1.807, 2.05) is 7.05 Å². The number of aliphatic imine (C=N–C) groups is 1. The zero-order valence-electron chi connectivity index (χ0n) is 19.5. The first-order chi connectivity index (χ1) is 14.3. The van der Waals surface area contributed by atoms with E-state index in [-0.39, 0.29) is 22.6 Å². The predicted molar refractivity (Wildman–Crippen MR) is 123 cm³/mol. The molecule has 3 rings (SSSR count). The van der Waals surface area contributed by atoms with Crippen LogP contribution in [0.5, 0.6) is 0 Å². The molecule has 3 atom stereocenters. The van der Waals surface area contributed by atoms with E-state index < -0.39 is 0 Å². The van der Waals surface area contributed by atoms with Crippen LogP contribution in [0.4, 0.5) is 0 Å². The minimum atomic E-state index is -0.0991. The molecule has 1 saturated carbocycles. The van der Waals surface area contributed by atoms with E-state index >= 15 is 0 Å². The minimum absolute atomic E-state index is 0.0265. The average Bonchev–Trinajstić information content (AvgIpc) is 2.76. The van der Waals surface area contributed by atoms with Crippen molar-refractivity contribution in [1.29, 1.82) is 0 Å². The van der Waals surface area contributed by atoms with Gasteiger partial charge in [-0.15, -0.1) is 0 Å². The first-order valence-electron chi connectivity index (χ1n) is 11.2. The standard InChI is InChI=1S/C24H40N4O2/c1-18(19-10-8-7-9-11-19)28-24(12-14-30-15-13-24)17-26-21(25-5)27-20-16-23(4,29-6)22(20,2)3/h7-11,18,20,28H,12-17H2,1-6H3,(H2,25,26,27). The maximum absolute atomic E-state index is 5.77. The van der Waals surface area contributed by atoms with Gasteiger partial charge in [0.15, 0.2) is 5.96 Å².